The molecule has 0 saturated carbocycles. The van der Waals surface area contributed by atoms with Crippen LogP contribution in [0.25, 0.3) is 11.6 Å². The van der Waals surface area contributed by atoms with Gasteiger partial charge in [-0.25, -0.2) is 0 Å². The van der Waals surface area contributed by atoms with Crippen molar-refractivity contribution in [2.45, 2.75) is 40.2 Å². The van der Waals surface area contributed by atoms with Crippen LogP contribution in [0.1, 0.15) is 32.2 Å². The molecule has 0 spiro atoms. The molecule has 1 N–H and O–H groups in total. The molecule has 0 radical (unpaired) electrons. The fraction of sp³-hybridized carbons (Fsp3) is 0.538. The van der Waals surface area contributed by atoms with Gasteiger partial charge >= 0.3 is 0 Å². The van der Waals surface area contributed by atoms with E-state index in [0.29, 0.717) is 23.9 Å². The highest BCUT2D eigenvalue weighted by Gasteiger charge is 2.25. The fourth-order valence-electron chi connectivity index (χ4n) is 1.50. The standard InChI is InChI=1S/C13H18N2O3/c1-8-5-6-17-11(8)12-14-10(18-15-12)7-9(16)13(2,3)4/h5-6,9,16H,7H2,1-4H3. The van der Waals surface area contributed by atoms with Crippen molar-refractivity contribution >= 4 is 0 Å². The van der Waals surface area contributed by atoms with Crippen LogP contribution in [0.15, 0.2) is 21.3 Å². The van der Waals surface area contributed by atoms with Crippen LogP contribution in [0.4, 0.5) is 0 Å². The second-order valence-corrected chi connectivity index (χ2v) is 5.53. The fourth-order valence-corrected chi connectivity index (χ4v) is 1.50. The van der Waals surface area contributed by atoms with Gasteiger partial charge in [0.2, 0.25) is 11.7 Å². The Kier molecular flexibility index (Phi) is 3.26. The van der Waals surface area contributed by atoms with Crippen LogP contribution in [0.2, 0.25) is 0 Å². The third-order valence-electron chi connectivity index (χ3n) is 2.90. The van der Waals surface area contributed by atoms with E-state index in [-0.39, 0.29) is 5.41 Å². The van der Waals surface area contributed by atoms with Crippen LogP contribution < -0.4 is 0 Å². The molecule has 5 nitrogen and oxygen atoms in total. The summed E-state index contributed by atoms with van der Waals surface area (Å²) in [6.07, 6.45) is 1.41. The average molecular weight is 250 g/mol. The highest BCUT2D eigenvalue weighted by molar-refractivity contribution is 5.50. The second kappa shape index (κ2) is 4.57. The lowest BCUT2D eigenvalue weighted by molar-refractivity contribution is 0.0565. The zero-order chi connectivity index (χ0) is 13.3. The predicted molar refractivity (Wildman–Crippen MR) is 65.9 cm³/mol. The van der Waals surface area contributed by atoms with Crippen molar-refractivity contribution in [2.75, 3.05) is 0 Å². The molecule has 98 valence electrons. The van der Waals surface area contributed by atoms with Crippen LogP contribution in [0.3, 0.4) is 0 Å². The van der Waals surface area contributed by atoms with E-state index in [1.807, 2.05) is 33.8 Å². The third-order valence-corrected chi connectivity index (χ3v) is 2.90. The maximum atomic E-state index is 9.98. The predicted octanol–water partition coefficient (Wildman–Crippen LogP) is 2.59. The number of rotatable bonds is 3. The highest BCUT2D eigenvalue weighted by Crippen LogP contribution is 2.24. The van der Waals surface area contributed by atoms with E-state index in [4.69, 9.17) is 8.94 Å². The maximum Gasteiger partial charge on any atom is 0.238 e. The first-order valence-electron chi connectivity index (χ1n) is 5.93. The Morgan fingerprint density at radius 2 is 2.11 bits per heavy atom. The molecule has 2 heterocycles. The number of aromatic nitrogens is 2. The molecule has 2 aromatic heterocycles. The minimum Gasteiger partial charge on any atom is -0.461 e. The monoisotopic (exact) mass is 250 g/mol. The van der Waals surface area contributed by atoms with Gasteiger partial charge < -0.3 is 14.0 Å². The van der Waals surface area contributed by atoms with E-state index >= 15 is 0 Å². The van der Waals surface area contributed by atoms with Crippen molar-refractivity contribution in [3.05, 3.63) is 23.8 Å². The Labute approximate surface area is 106 Å². The Morgan fingerprint density at radius 3 is 2.67 bits per heavy atom. The average Bonchev–Trinajstić information content (AvgIpc) is 2.85. The normalized spacial score (nSPS) is 13.8. The number of nitrogens with zero attached hydrogens (tertiary/aromatic N) is 2. The second-order valence-electron chi connectivity index (χ2n) is 5.53. The van der Waals surface area contributed by atoms with Crippen LogP contribution in [-0.4, -0.2) is 21.4 Å². The van der Waals surface area contributed by atoms with E-state index in [1.165, 1.54) is 0 Å². The van der Waals surface area contributed by atoms with Gasteiger partial charge in [-0.3, -0.25) is 0 Å². The first kappa shape index (κ1) is 12.8. The van der Waals surface area contributed by atoms with E-state index in [1.54, 1.807) is 6.26 Å². The number of furan rings is 1. The van der Waals surface area contributed by atoms with E-state index in [9.17, 15) is 5.11 Å². The summed E-state index contributed by atoms with van der Waals surface area (Å²) in [4.78, 5) is 4.24. The van der Waals surface area contributed by atoms with E-state index in [2.05, 4.69) is 10.1 Å². The van der Waals surface area contributed by atoms with E-state index < -0.39 is 6.10 Å². The SMILES string of the molecule is Cc1ccoc1-c1noc(CC(O)C(C)(C)C)n1. The van der Waals surface area contributed by atoms with Crippen LogP contribution in [0.5, 0.6) is 0 Å². The summed E-state index contributed by atoms with van der Waals surface area (Å²) < 4.78 is 10.4. The lowest BCUT2D eigenvalue weighted by Crippen LogP contribution is -2.28. The topological polar surface area (TPSA) is 72.3 Å². The molecule has 0 aliphatic carbocycles. The van der Waals surface area contributed by atoms with Crippen molar-refractivity contribution in [3.63, 3.8) is 0 Å². The summed E-state index contributed by atoms with van der Waals surface area (Å²) in [7, 11) is 0. The molecule has 2 aromatic rings. The molecule has 0 fully saturated rings. The minimum atomic E-state index is -0.525. The molecule has 2 rings (SSSR count). The Hall–Kier alpha value is -1.62. The molecule has 0 aromatic carbocycles. The van der Waals surface area contributed by atoms with Crippen molar-refractivity contribution in [2.24, 2.45) is 5.41 Å². The summed E-state index contributed by atoms with van der Waals surface area (Å²) in [5, 5.41) is 13.8. The molecule has 18 heavy (non-hydrogen) atoms. The largest absolute Gasteiger partial charge is 0.461 e. The molecule has 0 aliphatic heterocycles. The number of hydrogen-bond acceptors (Lipinski definition) is 5. The van der Waals surface area contributed by atoms with Gasteiger partial charge in [-0.05, 0) is 24.0 Å². The summed E-state index contributed by atoms with van der Waals surface area (Å²) >= 11 is 0. The van der Waals surface area contributed by atoms with Crippen LogP contribution in [0, 0.1) is 12.3 Å². The third kappa shape index (κ3) is 2.61. The van der Waals surface area contributed by atoms with Crippen molar-refractivity contribution in [1.29, 1.82) is 0 Å². The first-order valence-corrected chi connectivity index (χ1v) is 5.93. The lowest BCUT2D eigenvalue weighted by atomic mass is 9.87. The van der Waals surface area contributed by atoms with Gasteiger partial charge in [-0.1, -0.05) is 25.9 Å². The van der Waals surface area contributed by atoms with Crippen molar-refractivity contribution in [3.8, 4) is 11.6 Å². The summed E-state index contributed by atoms with van der Waals surface area (Å²) in [5.74, 6) is 1.45. The molecule has 1 atom stereocenters. The molecule has 0 aliphatic rings. The lowest BCUT2D eigenvalue weighted by Gasteiger charge is -2.24. The number of hydrogen-bond donors (Lipinski definition) is 1. The van der Waals surface area contributed by atoms with Crippen molar-refractivity contribution in [1.82, 2.24) is 10.1 Å². The van der Waals surface area contributed by atoms with Gasteiger partial charge in [0.1, 0.15) is 0 Å². The summed E-state index contributed by atoms with van der Waals surface area (Å²) in [5.41, 5.74) is 0.744. The van der Waals surface area contributed by atoms with Gasteiger partial charge in [-0.15, -0.1) is 0 Å². The smallest absolute Gasteiger partial charge is 0.238 e. The molecule has 1 unspecified atom stereocenters. The van der Waals surface area contributed by atoms with Gasteiger partial charge in [0.25, 0.3) is 0 Å². The van der Waals surface area contributed by atoms with Gasteiger partial charge in [0.15, 0.2) is 5.76 Å². The first-order chi connectivity index (χ1) is 8.38. The zero-order valence-corrected chi connectivity index (χ0v) is 11.1. The molecular formula is C13H18N2O3. The van der Waals surface area contributed by atoms with Gasteiger partial charge in [0.05, 0.1) is 18.8 Å². The van der Waals surface area contributed by atoms with Crippen LogP contribution in [-0.2, 0) is 6.42 Å². The Bertz CT molecular complexity index is 522. The van der Waals surface area contributed by atoms with Gasteiger partial charge in [0, 0.05) is 0 Å². The minimum absolute atomic E-state index is 0.213. The Balaban J connectivity index is 2.15. The quantitative estimate of drug-likeness (QED) is 0.906. The molecule has 5 heteroatoms. The van der Waals surface area contributed by atoms with Crippen LogP contribution >= 0.6 is 0 Å². The number of aliphatic hydroxyl groups excluding tert-OH is 1. The zero-order valence-electron chi connectivity index (χ0n) is 11.1. The molecule has 0 amide bonds. The van der Waals surface area contributed by atoms with Gasteiger partial charge in [-0.2, -0.15) is 4.98 Å². The number of aliphatic hydroxyl groups is 1. The Morgan fingerprint density at radius 1 is 1.39 bits per heavy atom. The van der Waals surface area contributed by atoms with E-state index in [0.717, 1.165) is 5.56 Å². The number of aryl methyl sites for hydroxylation is 1. The molecular weight excluding hydrogens is 232 g/mol. The molecule has 0 saturated heterocycles. The molecule has 0 bridgehead atoms. The summed E-state index contributed by atoms with van der Waals surface area (Å²) in [6.45, 7) is 7.81. The summed E-state index contributed by atoms with van der Waals surface area (Å²) in [6, 6.07) is 1.84. The van der Waals surface area contributed by atoms with Crippen molar-refractivity contribution < 1.29 is 14.0 Å². The highest BCUT2D eigenvalue weighted by atomic mass is 16.5. The maximum absolute atomic E-state index is 9.98.